The summed E-state index contributed by atoms with van der Waals surface area (Å²) >= 11 is 0. The lowest BCUT2D eigenvalue weighted by molar-refractivity contribution is 0.00217. The van der Waals surface area contributed by atoms with E-state index in [1.807, 2.05) is 12.1 Å². The van der Waals surface area contributed by atoms with Crippen LogP contribution in [0.2, 0.25) is 0 Å². The van der Waals surface area contributed by atoms with Crippen molar-refractivity contribution in [2.45, 2.75) is 65.9 Å². The first-order chi connectivity index (χ1) is 11.0. The van der Waals surface area contributed by atoms with Crippen LogP contribution in [-0.2, 0) is 22.3 Å². The minimum Gasteiger partial charge on any atom is -0.456 e. The smallest absolute Gasteiger partial charge is 0.338 e. The highest BCUT2D eigenvalue weighted by molar-refractivity contribution is 5.90. The van der Waals surface area contributed by atoms with Gasteiger partial charge in [0.05, 0.1) is 12.2 Å². The molecule has 1 aromatic carbocycles. The topological polar surface area (TPSA) is 35.5 Å². The molecule has 1 atom stereocenters. The maximum absolute atomic E-state index is 12.5. The van der Waals surface area contributed by atoms with Gasteiger partial charge in [-0.3, -0.25) is 0 Å². The van der Waals surface area contributed by atoms with E-state index in [9.17, 15) is 4.79 Å². The average molecular weight is 320 g/mol. The van der Waals surface area contributed by atoms with E-state index in [2.05, 4.69) is 33.8 Å². The van der Waals surface area contributed by atoms with Gasteiger partial charge < -0.3 is 9.47 Å². The molecule has 0 aliphatic heterocycles. The minimum absolute atomic E-state index is 0.165. The number of hydrogen-bond donors (Lipinski definition) is 0. The number of esters is 1. The molecule has 0 heterocycles. The number of carbonyl (C=O) groups is 1. The molecule has 0 fully saturated rings. The van der Waals surface area contributed by atoms with Gasteiger partial charge in [0, 0.05) is 7.11 Å². The third kappa shape index (κ3) is 7.17. The Balaban J connectivity index is 2.73. The third-order valence-corrected chi connectivity index (χ3v) is 4.04. The third-order valence-electron chi connectivity index (χ3n) is 4.04. The van der Waals surface area contributed by atoms with E-state index >= 15 is 0 Å². The van der Waals surface area contributed by atoms with Gasteiger partial charge in [0.15, 0.2) is 0 Å². The number of methoxy groups -OCH3 is 1. The molecule has 3 heteroatoms. The summed E-state index contributed by atoms with van der Waals surface area (Å²) in [5.74, 6) is 0.434. The highest BCUT2D eigenvalue weighted by atomic mass is 16.6. The fraction of sp³-hybridized carbons (Fsp3) is 0.650. The van der Waals surface area contributed by atoms with Crippen LogP contribution in [0.5, 0.6) is 0 Å². The molecule has 0 bridgehead atoms. The van der Waals surface area contributed by atoms with Gasteiger partial charge in [0.2, 0.25) is 0 Å². The van der Waals surface area contributed by atoms with Gasteiger partial charge in [-0.05, 0) is 54.9 Å². The van der Waals surface area contributed by atoms with Gasteiger partial charge in [-0.1, -0.05) is 40.2 Å². The molecule has 0 saturated heterocycles. The first-order valence-electron chi connectivity index (χ1n) is 8.82. The summed E-state index contributed by atoms with van der Waals surface area (Å²) in [5.41, 5.74) is 3.02. The lowest BCUT2D eigenvalue weighted by Gasteiger charge is -2.18. The van der Waals surface area contributed by atoms with Crippen LogP contribution in [0.15, 0.2) is 18.2 Å². The Bertz CT molecular complexity index is 458. The first-order valence-corrected chi connectivity index (χ1v) is 8.82. The van der Waals surface area contributed by atoms with Crippen molar-refractivity contribution in [3.63, 3.8) is 0 Å². The molecular formula is C20H32O3. The molecule has 0 amide bonds. The van der Waals surface area contributed by atoms with Gasteiger partial charge in [-0.15, -0.1) is 0 Å². The zero-order chi connectivity index (χ0) is 17.2. The summed E-state index contributed by atoms with van der Waals surface area (Å²) < 4.78 is 10.9. The van der Waals surface area contributed by atoms with E-state index in [0.717, 1.165) is 32.1 Å². The van der Waals surface area contributed by atoms with E-state index in [0.29, 0.717) is 18.1 Å². The number of rotatable bonds is 10. The van der Waals surface area contributed by atoms with Crippen molar-refractivity contribution in [1.82, 2.24) is 0 Å². The molecule has 1 unspecified atom stereocenters. The van der Waals surface area contributed by atoms with Crippen LogP contribution in [0.25, 0.3) is 0 Å². The molecule has 0 aromatic heterocycles. The fourth-order valence-corrected chi connectivity index (χ4v) is 2.62. The Hall–Kier alpha value is -1.35. The highest BCUT2D eigenvalue weighted by Crippen LogP contribution is 2.16. The second kappa shape index (κ2) is 10.4. The largest absolute Gasteiger partial charge is 0.456 e. The van der Waals surface area contributed by atoms with Crippen molar-refractivity contribution >= 4 is 5.97 Å². The van der Waals surface area contributed by atoms with Crippen LogP contribution < -0.4 is 0 Å². The Morgan fingerprint density at radius 3 is 2.13 bits per heavy atom. The molecular weight excluding hydrogens is 288 g/mol. The monoisotopic (exact) mass is 320 g/mol. The predicted octanol–water partition coefficient (Wildman–Crippen LogP) is 4.81. The van der Waals surface area contributed by atoms with Crippen LogP contribution in [-0.4, -0.2) is 25.8 Å². The summed E-state index contributed by atoms with van der Waals surface area (Å²) in [6.45, 7) is 9.07. The molecule has 1 rings (SSSR count). The Morgan fingerprint density at radius 1 is 1.04 bits per heavy atom. The molecule has 0 radical (unpaired) electrons. The summed E-state index contributed by atoms with van der Waals surface area (Å²) in [6.07, 6.45) is 4.72. The fourth-order valence-electron chi connectivity index (χ4n) is 2.62. The normalized spacial score (nSPS) is 12.4. The number of hydrogen-bond acceptors (Lipinski definition) is 3. The Morgan fingerprint density at radius 2 is 1.65 bits per heavy atom. The standard InChI is InChI=1S/C20H32O3/c1-6-16-11-17(7-2)13-18(12-16)20(21)23-19(14-22-5)10-8-9-15(3)4/h11-13,15,19H,6-10,14H2,1-5H3. The maximum atomic E-state index is 12.5. The Kier molecular flexibility index (Phi) is 8.93. The maximum Gasteiger partial charge on any atom is 0.338 e. The van der Waals surface area contributed by atoms with Gasteiger partial charge >= 0.3 is 5.97 Å². The first kappa shape index (κ1) is 19.7. The number of carbonyl (C=O) groups excluding carboxylic acids is 1. The number of aryl methyl sites for hydroxylation is 2. The second-order valence-electron chi connectivity index (χ2n) is 6.55. The van der Waals surface area contributed by atoms with Crippen LogP contribution in [0, 0.1) is 5.92 Å². The van der Waals surface area contributed by atoms with E-state index in [4.69, 9.17) is 9.47 Å². The molecule has 0 spiro atoms. The van der Waals surface area contributed by atoms with Crippen LogP contribution in [0.4, 0.5) is 0 Å². The van der Waals surface area contributed by atoms with Gasteiger partial charge in [-0.25, -0.2) is 4.79 Å². The van der Waals surface area contributed by atoms with E-state index < -0.39 is 0 Å². The number of ether oxygens (including phenoxy) is 2. The zero-order valence-corrected chi connectivity index (χ0v) is 15.4. The molecule has 23 heavy (non-hydrogen) atoms. The van der Waals surface area contributed by atoms with Crippen LogP contribution in [0.1, 0.15) is 68.4 Å². The summed E-state index contributed by atoms with van der Waals surface area (Å²) in [5, 5.41) is 0. The lowest BCUT2D eigenvalue weighted by Crippen LogP contribution is -2.23. The molecule has 3 nitrogen and oxygen atoms in total. The van der Waals surface area contributed by atoms with Crippen molar-refractivity contribution in [3.05, 3.63) is 34.9 Å². The van der Waals surface area contributed by atoms with Gasteiger partial charge in [0.1, 0.15) is 6.10 Å². The number of benzene rings is 1. The van der Waals surface area contributed by atoms with Gasteiger partial charge in [-0.2, -0.15) is 0 Å². The molecule has 1 aromatic rings. The van der Waals surface area contributed by atoms with E-state index in [1.54, 1.807) is 7.11 Å². The summed E-state index contributed by atoms with van der Waals surface area (Å²) in [7, 11) is 1.65. The zero-order valence-electron chi connectivity index (χ0n) is 15.4. The molecule has 0 aliphatic carbocycles. The molecule has 130 valence electrons. The van der Waals surface area contributed by atoms with E-state index in [1.165, 1.54) is 11.1 Å². The lowest BCUT2D eigenvalue weighted by atomic mass is 10.0. The molecule has 0 aliphatic rings. The highest BCUT2D eigenvalue weighted by Gasteiger charge is 2.17. The van der Waals surface area contributed by atoms with Crippen molar-refractivity contribution in [1.29, 1.82) is 0 Å². The molecule has 0 N–H and O–H groups in total. The molecule has 0 saturated carbocycles. The summed E-state index contributed by atoms with van der Waals surface area (Å²) in [4.78, 5) is 12.5. The van der Waals surface area contributed by atoms with Gasteiger partial charge in [0.25, 0.3) is 0 Å². The minimum atomic E-state index is -0.235. The van der Waals surface area contributed by atoms with Crippen molar-refractivity contribution in [2.75, 3.05) is 13.7 Å². The van der Waals surface area contributed by atoms with Crippen molar-refractivity contribution in [3.8, 4) is 0 Å². The Labute approximate surface area is 141 Å². The second-order valence-corrected chi connectivity index (χ2v) is 6.55. The SMILES string of the molecule is CCc1cc(CC)cc(C(=O)OC(CCCC(C)C)COC)c1. The van der Waals surface area contributed by atoms with Crippen LogP contribution in [0.3, 0.4) is 0 Å². The summed E-state index contributed by atoms with van der Waals surface area (Å²) in [6, 6.07) is 6.05. The predicted molar refractivity (Wildman–Crippen MR) is 95.0 cm³/mol. The van der Waals surface area contributed by atoms with Crippen molar-refractivity contribution in [2.24, 2.45) is 5.92 Å². The van der Waals surface area contributed by atoms with Crippen molar-refractivity contribution < 1.29 is 14.3 Å². The van der Waals surface area contributed by atoms with Crippen LogP contribution >= 0.6 is 0 Å². The van der Waals surface area contributed by atoms with E-state index in [-0.39, 0.29) is 12.1 Å². The average Bonchev–Trinajstić information content (AvgIpc) is 2.53. The quantitative estimate of drug-likeness (QED) is 0.580.